The molecule has 0 aliphatic heterocycles. The molecule has 1 unspecified atom stereocenters. The summed E-state index contributed by atoms with van der Waals surface area (Å²) in [5.41, 5.74) is 1.22. The van der Waals surface area contributed by atoms with Crippen LogP contribution in [0.15, 0.2) is 53.4 Å². The number of hydrogen-bond acceptors (Lipinski definition) is 4. The highest BCUT2D eigenvalue weighted by Crippen LogP contribution is 2.32. The van der Waals surface area contributed by atoms with E-state index in [2.05, 4.69) is 23.5 Å². The second-order valence-corrected chi connectivity index (χ2v) is 5.64. The van der Waals surface area contributed by atoms with Gasteiger partial charge >= 0.3 is 0 Å². The van der Waals surface area contributed by atoms with Gasteiger partial charge in [-0.2, -0.15) is 0 Å². The smallest absolute Gasteiger partial charge is 0.132 e. The third kappa shape index (κ3) is 4.16. The highest BCUT2D eigenvalue weighted by atomic mass is 32.2. The van der Waals surface area contributed by atoms with E-state index in [1.54, 1.807) is 26.0 Å². The van der Waals surface area contributed by atoms with E-state index >= 15 is 0 Å². The second-order valence-electron chi connectivity index (χ2n) is 4.58. The lowest BCUT2D eigenvalue weighted by atomic mass is 10.1. The van der Waals surface area contributed by atoms with Gasteiger partial charge in [0.15, 0.2) is 0 Å². The lowest BCUT2D eigenvalue weighted by Gasteiger charge is -2.17. The van der Waals surface area contributed by atoms with Gasteiger partial charge in [-0.3, -0.25) is 0 Å². The Balaban J connectivity index is 2.08. The number of benzene rings is 2. The molecule has 0 saturated carbocycles. The van der Waals surface area contributed by atoms with Crippen LogP contribution in [0.2, 0.25) is 0 Å². The van der Waals surface area contributed by atoms with Crippen molar-refractivity contribution in [3.8, 4) is 11.5 Å². The minimum atomic E-state index is 0.259. The van der Waals surface area contributed by atoms with Crippen LogP contribution < -0.4 is 14.8 Å². The van der Waals surface area contributed by atoms with Crippen molar-refractivity contribution in [1.29, 1.82) is 0 Å². The molecule has 2 rings (SSSR count). The van der Waals surface area contributed by atoms with Gasteiger partial charge in [0.1, 0.15) is 11.5 Å². The zero-order valence-corrected chi connectivity index (χ0v) is 13.4. The molecule has 21 heavy (non-hydrogen) atoms. The van der Waals surface area contributed by atoms with Crippen LogP contribution in [-0.2, 0) is 0 Å². The Kier molecular flexibility index (Phi) is 5.96. The Bertz CT molecular complexity index is 574. The summed E-state index contributed by atoms with van der Waals surface area (Å²) < 4.78 is 10.7. The van der Waals surface area contributed by atoms with E-state index in [-0.39, 0.29) is 6.04 Å². The highest BCUT2D eigenvalue weighted by molar-refractivity contribution is 7.99. The van der Waals surface area contributed by atoms with Crippen LogP contribution in [0.25, 0.3) is 0 Å². The number of ether oxygens (including phenoxy) is 2. The van der Waals surface area contributed by atoms with Gasteiger partial charge in [-0.15, -0.1) is 11.8 Å². The van der Waals surface area contributed by atoms with E-state index in [1.165, 1.54) is 5.56 Å². The number of rotatable bonds is 7. The molecule has 2 aromatic carbocycles. The molecule has 0 saturated heterocycles. The molecule has 0 aromatic heterocycles. The Morgan fingerprint density at radius 2 is 1.86 bits per heavy atom. The summed E-state index contributed by atoms with van der Waals surface area (Å²) >= 11 is 1.78. The molecule has 0 spiro atoms. The molecule has 1 N–H and O–H groups in total. The first kappa shape index (κ1) is 15.7. The maximum Gasteiger partial charge on any atom is 0.132 e. The molecule has 0 aliphatic carbocycles. The zero-order valence-electron chi connectivity index (χ0n) is 12.6. The van der Waals surface area contributed by atoms with Gasteiger partial charge < -0.3 is 14.8 Å². The molecule has 0 heterocycles. The lowest BCUT2D eigenvalue weighted by Crippen LogP contribution is -2.18. The van der Waals surface area contributed by atoms with Crippen molar-refractivity contribution >= 4 is 11.8 Å². The van der Waals surface area contributed by atoms with E-state index < -0.39 is 0 Å². The van der Waals surface area contributed by atoms with Gasteiger partial charge in [0.2, 0.25) is 0 Å². The molecule has 0 radical (unpaired) electrons. The van der Waals surface area contributed by atoms with E-state index in [4.69, 9.17) is 9.47 Å². The van der Waals surface area contributed by atoms with Gasteiger partial charge in [0, 0.05) is 16.7 Å². The summed E-state index contributed by atoms with van der Waals surface area (Å²) in [4.78, 5) is 1.16. The van der Waals surface area contributed by atoms with Gasteiger partial charge in [-0.05, 0) is 36.9 Å². The van der Waals surface area contributed by atoms with Crippen LogP contribution in [0.3, 0.4) is 0 Å². The van der Waals surface area contributed by atoms with Crippen LogP contribution in [0.4, 0.5) is 0 Å². The SMILES string of the molecule is CNC(CSc1ccccc1OC)c1cccc(OC)c1. The fourth-order valence-electron chi connectivity index (χ4n) is 2.12. The first-order valence-corrected chi connectivity index (χ1v) is 7.84. The Hall–Kier alpha value is -1.65. The normalized spacial score (nSPS) is 12.0. The summed E-state index contributed by atoms with van der Waals surface area (Å²) in [5, 5.41) is 3.36. The molecule has 0 amide bonds. The fraction of sp³-hybridized carbons (Fsp3) is 0.294. The zero-order chi connectivity index (χ0) is 15.1. The van der Waals surface area contributed by atoms with Crippen LogP contribution in [0.5, 0.6) is 11.5 Å². The van der Waals surface area contributed by atoms with E-state index in [0.29, 0.717) is 0 Å². The number of hydrogen-bond donors (Lipinski definition) is 1. The van der Waals surface area contributed by atoms with Gasteiger partial charge in [0.05, 0.1) is 14.2 Å². The maximum atomic E-state index is 5.39. The summed E-state index contributed by atoms with van der Waals surface area (Å²) in [7, 11) is 5.38. The largest absolute Gasteiger partial charge is 0.497 e. The quantitative estimate of drug-likeness (QED) is 0.789. The number of methoxy groups -OCH3 is 2. The monoisotopic (exact) mass is 303 g/mol. The standard InChI is InChI=1S/C17H21NO2S/c1-18-15(13-7-6-8-14(11-13)19-2)12-21-17-10-5-4-9-16(17)20-3/h4-11,15,18H,12H2,1-3H3. The average Bonchev–Trinajstić information content (AvgIpc) is 2.56. The first-order chi connectivity index (χ1) is 10.3. The second kappa shape index (κ2) is 7.96. The molecule has 1 atom stereocenters. The summed E-state index contributed by atoms with van der Waals surface area (Å²) in [6, 6.07) is 16.5. The molecule has 2 aromatic rings. The molecule has 0 bridgehead atoms. The minimum Gasteiger partial charge on any atom is -0.497 e. The van der Waals surface area contributed by atoms with Gasteiger partial charge in [-0.1, -0.05) is 24.3 Å². The average molecular weight is 303 g/mol. The number of nitrogens with one attached hydrogen (secondary N) is 1. The predicted molar refractivity (Wildman–Crippen MR) is 88.5 cm³/mol. The van der Waals surface area contributed by atoms with Crippen molar-refractivity contribution in [2.75, 3.05) is 27.0 Å². The predicted octanol–water partition coefficient (Wildman–Crippen LogP) is 3.76. The van der Waals surface area contributed by atoms with E-state index in [1.807, 2.05) is 37.4 Å². The summed E-state index contributed by atoms with van der Waals surface area (Å²) in [5.74, 6) is 2.72. The third-order valence-corrected chi connectivity index (χ3v) is 4.47. The van der Waals surface area contributed by atoms with E-state index in [9.17, 15) is 0 Å². The van der Waals surface area contributed by atoms with Crippen molar-refractivity contribution < 1.29 is 9.47 Å². The van der Waals surface area contributed by atoms with Crippen molar-refractivity contribution in [2.24, 2.45) is 0 Å². The first-order valence-electron chi connectivity index (χ1n) is 6.85. The van der Waals surface area contributed by atoms with Crippen molar-refractivity contribution in [3.05, 3.63) is 54.1 Å². The summed E-state index contributed by atoms with van der Waals surface area (Å²) in [6.45, 7) is 0. The Labute approximate surface area is 130 Å². The molecular weight excluding hydrogens is 282 g/mol. The van der Waals surface area contributed by atoms with Crippen LogP contribution in [0, 0.1) is 0 Å². The Morgan fingerprint density at radius 1 is 1.05 bits per heavy atom. The van der Waals surface area contributed by atoms with Crippen molar-refractivity contribution in [3.63, 3.8) is 0 Å². The minimum absolute atomic E-state index is 0.259. The molecular formula is C17H21NO2S. The van der Waals surface area contributed by atoms with E-state index in [0.717, 1.165) is 22.1 Å². The highest BCUT2D eigenvalue weighted by Gasteiger charge is 2.12. The number of thioether (sulfide) groups is 1. The van der Waals surface area contributed by atoms with Gasteiger partial charge in [-0.25, -0.2) is 0 Å². The third-order valence-electron chi connectivity index (χ3n) is 3.32. The molecule has 0 aliphatic rings. The summed E-state index contributed by atoms with van der Waals surface area (Å²) in [6.07, 6.45) is 0. The fourth-order valence-corrected chi connectivity index (χ4v) is 3.29. The van der Waals surface area contributed by atoms with Gasteiger partial charge in [0.25, 0.3) is 0 Å². The van der Waals surface area contributed by atoms with Crippen LogP contribution >= 0.6 is 11.8 Å². The molecule has 0 fully saturated rings. The Morgan fingerprint density at radius 3 is 2.57 bits per heavy atom. The molecule has 4 heteroatoms. The van der Waals surface area contributed by atoms with Crippen molar-refractivity contribution in [1.82, 2.24) is 5.32 Å². The van der Waals surface area contributed by atoms with Crippen LogP contribution in [0.1, 0.15) is 11.6 Å². The number of para-hydroxylation sites is 1. The maximum absolute atomic E-state index is 5.39. The van der Waals surface area contributed by atoms with Crippen molar-refractivity contribution in [2.45, 2.75) is 10.9 Å². The molecule has 3 nitrogen and oxygen atoms in total. The topological polar surface area (TPSA) is 30.5 Å². The molecule has 112 valence electrons. The lowest BCUT2D eigenvalue weighted by molar-refractivity contribution is 0.405. The van der Waals surface area contributed by atoms with Crippen LogP contribution in [-0.4, -0.2) is 27.0 Å².